The number of nitrogens with zero attached hydrogens (tertiary/aromatic N) is 2. The fourth-order valence-corrected chi connectivity index (χ4v) is 10.0. The fourth-order valence-electron chi connectivity index (χ4n) is 10.0. The zero-order valence-corrected chi connectivity index (χ0v) is 41.2. The van der Waals surface area contributed by atoms with Crippen molar-refractivity contribution in [3.63, 3.8) is 0 Å². The van der Waals surface area contributed by atoms with E-state index < -0.39 is 59.6 Å². The summed E-state index contributed by atoms with van der Waals surface area (Å²) >= 11 is 0. The van der Waals surface area contributed by atoms with Gasteiger partial charge in [0.05, 0.1) is 0 Å². The van der Waals surface area contributed by atoms with Crippen LogP contribution in [0.3, 0.4) is 0 Å². The van der Waals surface area contributed by atoms with E-state index in [1.807, 2.05) is 60.7 Å². The van der Waals surface area contributed by atoms with E-state index in [0.717, 1.165) is 75.8 Å². The molecule has 15 N–H and O–H groups in total. The molecule has 0 aromatic heterocycles. The predicted octanol–water partition coefficient (Wildman–Crippen LogP) is 3.71. The van der Waals surface area contributed by atoms with Gasteiger partial charge in [0, 0.05) is 45.8 Å². The third-order valence-corrected chi connectivity index (χ3v) is 13.5. The third kappa shape index (κ3) is 12.1. The lowest BCUT2D eigenvalue weighted by Crippen LogP contribution is -2.54. The minimum atomic E-state index is -1.13. The molecule has 6 amide bonds. The minimum Gasteiger partial charge on any atom is -0.370 e. The Balaban J connectivity index is 0.995. The SMILES string of the molecule is CC(=O)N[C@@H](CCCN=C(N)N)C(=O)N[C@@H](Cc1ccc2ccc3cccc4ccc1c2c34)C(=O)NCCCC(=O)N[C@@H](Cc1ccc2ccc3cccc4ccc1c2c34)C(=O)N[C@@H](CCCN=C(N)N)C(N)=O. The molecule has 18 heteroatoms. The molecule has 8 aromatic rings. The Kier molecular flexibility index (Phi) is 16.1. The smallest absolute Gasteiger partial charge is 0.243 e. The number of hydrogen-bond acceptors (Lipinski definition) is 8. The van der Waals surface area contributed by atoms with Crippen LogP contribution in [0.2, 0.25) is 0 Å². The Hall–Kier alpha value is -8.80. The summed E-state index contributed by atoms with van der Waals surface area (Å²) in [6, 6.07) is 32.3. The van der Waals surface area contributed by atoms with Crippen molar-refractivity contribution in [1.29, 1.82) is 0 Å². The van der Waals surface area contributed by atoms with Crippen LogP contribution in [-0.2, 0) is 41.6 Å². The van der Waals surface area contributed by atoms with Gasteiger partial charge in [-0.15, -0.1) is 0 Å². The Bertz CT molecular complexity index is 3410. The van der Waals surface area contributed by atoms with Crippen molar-refractivity contribution in [3.05, 3.63) is 120 Å². The molecule has 0 bridgehead atoms. The lowest BCUT2D eigenvalue weighted by Gasteiger charge is -2.24. The van der Waals surface area contributed by atoms with Crippen LogP contribution >= 0.6 is 0 Å². The summed E-state index contributed by atoms with van der Waals surface area (Å²) in [5.41, 5.74) is 29.3. The second kappa shape index (κ2) is 23.2. The average Bonchev–Trinajstić information content (AvgIpc) is 3.39. The fraction of sp³-hybridized carbons (Fsp3) is 0.286. The van der Waals surface area contributed by atoms with Crippen LogP contribution in [0.4, 0.5) is 0 Å². The maximum absolute atomic E-state index is 14.3. The van der Waals surface area contributed by atoms with Crippen LogP contribution in [0, 0.1) is 0 Å². The summed E-state index contributed by atoms with van der Waals surface area (Å²) in [5, 5.41) is 26.7. The normalized spacial score (nSPS) is 13.1. The molecular formula is C56H62N12O6. The highest BCUT2D eigenvalue weighted by atomic mass is 16.2. The molecule has 382 valence electrons. The monoisotopic (exact) mass is 998 g/mol. The van der Waals surface area contributed by atoms with Gasteiger partial charge < -0.3 is 55.3 Å². The number of carbonyl (C=O) groups is 6. The van der Waals surface area contributed by atoms with Gasteiger partial charge in [-0.1, -0.05) is 109 Å². The van der Waals surface area contributed by atoms with Crippen LogP contribution in [0.1, 0.15) is 56.6 Å². The topological polar surface area (TPSA) is 317 Å². The van der Waals surface area contributed by atoms with Crippen LogP contribution < -0.4 is 55.3 Å². The summed E-state index contributed by atoms with van der Waals surface area (Å²) in [7, 11) is 0. The van der Waals surface area contributed by atoms with Gasteiger partial charge in [0.25, 0.3) is 0 Å². The highest BCUT2D eigenvalue weighted by Gasteiger charge is 2.29. The number of amides is 6. The Labute approximate surface area is 427 Å². The first-order valence-corrected chi connectivity index (χ1v) is 24.8. The van der Waals surface area contributed by atoms with E-state index in [1.165, 1.54) is 6.92 Å². The summed E-state index contributed by atoms with van der Waals surface area (Å²) in [6.45, 7) is 1.79. The minimum absolute atomic E-state index is 0.0379. The number of hydrogen-bond donors (Lipinski definition) is 10. The van der Waals surface area contributed by atoms with Crippen molar-refractivity contribution in [2.45, 2.75) is 82.5 Å². The molecule has 0 aliphatic rings. The molecule has 0 fully saturated rings. The standard InChI is InChI=1S/C56H62N12O6/c1-31(69)65-43(12-5-28-64-56(60)61)53(73)68-44(29-38-20-18-36-16-14-32-7-2-9-34-22-24-40(38)49(36)47(32)34)52(72)62-26-6-13-46(70)66-45(54(74)67-42(51(57)71)11-4-27-63-55(58)59)30-39-21-19-37-17-15-33-8-3-10-35-23-25-41(39)50(37)48(33)35/h2-3,7-10,14-25,42-45H,4-6,11-13,26-30H2,1H3,(H2,57,71)(H,62,72)(H,65,69)(H,66,70)(H,67,74)(H,68,73)(H4,58,59,63)(H4,60,61,64)/t42-,43-,44-,45-/m0/s1. The molecule has 0 saturated heterocycles. The van der Waals surface area contributed by atoms with E-state index in [-0.39, 0.29) is 70.1 Å². The van der Waals surface area contributed by atoms with Crippen LogP contribution in [0.25, 0.3) is 64.6 Å². The third-order valence-electron chi connectivity index (χ3n) is 13.5. The molecule has 74 heavy (non-hydrogen) atoms. The van der Waals surface area contributed by atoms with Gasteiger partial charge in [0.2, 0.25) is 35.4 Å². The molecule has 0 aliphatic carbocycles. The Morgan fingerprint density at radius 2 is 0.878 bits per heavy atom. The first-order valence-electron chi connectivity index (χ1n) is 24.8. The van der Waals surface area contributed by atoms with Gasteiger partial charge in [-0.05, 0) is 108 Å². The number of rotatable bonds is 24. The molecule has 8 aromatic carbocycles. The molecular weight excluding hydrogens is 937 g/mol. The quantitative estimate of drug-likeness (QED) is 0.0181. The number of nitrogens with one attached hydrogen (secondary N) is 5. The van der Waals surface area contributed by atoms with E-state index in [1.54, 1.807) is 0 Å². The largest absolute Gasteiger partial charge is 0.370 e. The average molecular weight is 999 g/mol. The van der Waals surface area contributed by atoms with Gasteiger partial charge in [-0.3, -0.25) is 38.8 Å². The van der Waals surface area contributed by atoms with E-state index in [0.29, 0.717) is 12.8 Å². The van der Waals surface area contributed by atoms with Gasteiger partial charge in [0.1, 0.15) is 24.2 Å². The van der Waals surface area contributed by atoms with E-state index in [2.05, 4.69) is 85.1 Å². The zero-order valence-electron chi connectivity index (χ0n) is 41.2. The number of primary amides is 1. The van der Waals surface area contributed by atoms with Crippen LogP contribution in [0.5, 0.6) is 0 Å². The van der Waals surface area contributed by atoms with Gasteiger partial charge >= 0.3 is 0 Å². The first-order chi connectivity index (χ1) is 35.6. The number of benzene rings is 8. The number of guanidine groups is 2. The van der Waals surface area contributed by atoms with Crippen molar-refractivity contribution >= 4 is 112 Å². The summed E-state index contributed by atoms with van der Waals surface area (Å²) in [5.74, 6) is -3.54. The van der Waals surface area contributed by atoms with E-state index in [4.69, 9.17) is 28.7 Å². The molecule has 0 radical (unpaired) electrons. The highest BCUT2D eigenvalue weighted by Crippen LogP contribution is 2.38. The first kappa shape index (κ1) is 51.6. The van der Waals surface area contributed by atoms with Gasteiger partial charge in [-0.25, -0.2) is 0 Å². The summed E-state index contributed by atoms with van der Waals surface area (Å²) < 4.78 is 0. The Morgan fingerprint density at radius 3 is 1.35 bits per heavy atom. The number of nitrogens with two attached hydrogens (primary N) is 5. The lowest BCUT2D eigenvalue weighted by atomic mass is 9.90. The molecule has 18 nitrogen and oxygen atoms in total. The summed E-state index contributed by atoms with van der Waals surface area (Å²) in [6.07, 6.45) is 1.34. The molecule has 0 unspecified atom stereocenters. The Morgan fingerprint density at radius 1 is 0.459 bits per heavy atom. The molecule has 0 saturated carbocycles. The van der Waals surface area contributed by atoms with Gasteiger partial charge in [-0.2, -0.15) is 0 Å². The van der Waals surface area contributed by atoms with Crippen molar-refractivity contribution in [2.24, 2.45) is 38.7 Å². The number of aliphatic imine (C=N–C) groups is 2. The molecule has 0 spiro atoms. The highest BCUT2D eigenvalue weighted by molar-refractivity contribution is 6.24. The van der Waals surface area contributed by atoms with Crippen molar-refractivity contribution in [3.8, 4) is 0 Å². The van der Waals surface area contributed by atoms with Crippen LogP contribution in [-0.4, -0.2) is 91.2 Å². The molecule has 0 heterocycles. The van der Waals surface area contributed by atoms with E-state index in [9.17, 15) is 28.8 Å². The molecule has 0 aliphatic heterocycles. The number of carbonyl (C=O) groups excluding carboxylic acids is 6. The zero-order chi connectivity index (χ0) is 52.5. The molecule has 4 atom stereocenters. The second-order valence-corrected chi connectivity index (χ2v) is 18.8. The van der Waals surface area contributed by atoms with E-state index >= 15 is 0 Å². The molecule has 8 rings (SSSR count). The van der Waals surface area contributed by atoms with Gasteiger partial charge in [0.15, 0.2) is 11.9 Å². The van der Waals surface area contributed by atoms with Crippen LogP contribution in [0.15, 0.2) is 119 Å². The maximum Gasteiger partial charge on any atom is 0.243 e. The predicted molar refractivity (Wildman–Crippen MR) is 292 cm³/mol. The van der Waals surface area contributed by atoms with Crippen molar-refractivity contribution < 1.29 is 28.8 Å². The maximum atomic E-state index is 14.3. The second-order valence-electron chi connectivity index (χ2n) is 18.8. The lowest BCUT2D eigenvalue weighted by molar-refractivity contribution is -0.132. The summed E-state index contributed by atoms with van der Waals surface area (Å²) in [4.78, 5) is 89.2. The van der Waals surface area contributed by atoms with Crippen molar-refractivity contribution in [1.82, 2.24) is 26.6 Å². The van der Waals surface area contributed by atoms with Crippen molar-refractivity contribution in [2.75, 3.05) is 19.6 Å².